The number of aromatic nitrogens is 1. The van der Waals surface area contributed by atoms with Gasteiger partial charge in [-0.3, -0.25) is 0 Å². The first-order valence-corrected chi connectivity index (χ1v) is 6.14. The van der Waals surface area contributed by atoms with Crippen molar-refractivity contribution in [2.45, 2.75) is 13.3 Å². The Balaban J connectivity index is 1.96. The SMILES string of the molecule is Cc1ccc(NCCc2ccccc2C(=O)O)nc1. The number of carboxylic acid groups (broad SMARTS) is 1. The van der Waals surface area contributed by atoms with Crippen molar-refractivity contribution in [2.24, 2.45) is 0 Å². The van der Waals surface area contributed by atoms with Crippen LogP contribution < -0.4 is 5.32 Å². The van der Waals surface area contributed by atoms with Crippen molar-refractivity contribution in [2.75, 3.05) is 11.9 Å². The molecular formula is C15H16N2O2. The van der Waals surface area contributed by atoms with Gasteiger partial charge in [0.2, 0.25) is 0 Å². The Morgan fingerprint density at radius 2 is 2.05 bits per heavy atom. The highest BCUT2D eigenvalue weighted by Gasteiger charge is 2.08. The predicted molar refractivity (Wildman–Crippen MR) is 74.6 cm³/mol. The summed E-state index contributed by atoms with van der Waals surface area (Å²) in [5.74, 6) is -0.0810. The molecule has 0 saturated heterocycles. The number of rotatable bonds is 5. The van der Waals surface area contributed by atoms with Crippen LogP contribution in [0.15, 0.2) is 42.6 Å². The van der Waals surface area contributed by atoms with E-state index < -0.39 is 5.97 Å². The van der Waals surface area contributed by atoms with E-state index in [1.807, 2.05) is 31.2 Å². The van der Waals surface area contributed by atoms with E-state index in [9.17, 15) is 4.79 Å². The van der Waals surface area contributed by atoms with Crippen LogP contribution >= 0.6 is 0 Å². The number of aromatic carboxylic acids is 1. The molecule has 2 aromatic rings. The largest absolute Gasteiger partial charge is 0.478 e. The van der Waals surface area contributed by atoms with Crippen LogP contribution in [0.2, 0.25) is 0 Å². The topological polar surface area (TPSA) is 62.2 Å². The predicted octanol–water partition coefficient (Wildman–Crippen LogP) is 2.74. The summed E-state index contributed by atoms with van der Waals surface area (Å²) >= 11 is 0. The first kappa shape index (κ1) is 13.1. The number of nitrogens with zero attached hydrogens (tertiary/aromatic N) is 1. The lowest BCUT2D eigenvalue weighted by atomic mass is 10.0. The van der Waals surface area contributed by atoms with Crippen LogP contribution in [-0.2, 0) is 6.42 Å². The van der Waals surface area contributed by atoms with Crippen LogP contribution in [0.3, 0.4) is 0 Å². The highest BCUT2D eigenvalue weighted by atomic mass is 16.4. The van der Waals surface area contributed by atoms with E-state index in [0.717, 1.165) is 16.9 Å². The Hall–Kier alpha value is -2.36. The Morgan fingerprint density at radius 1 is 1.26 bits per heavy atom. The molecule has 0 saturated carbocycles. The summed E-state index contributed by atoms with van der Waals surface area (Å²) in [4.78, 5) is 15.3. The van der Waals surface area contributed by atoms with Gasteiger partial charge in [0.1, 0.15) is 5.82 Å². The number of pyridine rings is 1. The van der Waals surface area contributed by atoms with E-state index >= 15 is 0 Å². The maximum absolute atomic E-state index is 11.1. The van der Waals surface area contributed by atoms with Gasteiger partial charge in [-0.2, -0.15) is 0 Å². The quantitative estimate of drug-likeness (QED) is 0.863. The zero-order chi connectivity index (χ0) is 13.7. The van der Waals surface area contributed by atoms with Crippen LogP contribution in [0.1, 0.15) is 21.5 Å². The van der Waals surface area contributed by atoms with Crippen molar-refractivity contribution in [3.63, 3.8) is 0 Å². The third-order valence-electron chi connectivity index (χ3n) is 2.86. The van der Waals surface area contributed by atoms with Crippen molar-refractivity contribution in [3.05, 3.63) is 59.3 Å². The van der Waals surface area contributed by atoms with Crippen LogP contribution in [-0.4, -0.2) is 22.6 Å². The van der Waals surface area contributed by atoms with E-state index in [1.54, 1.807) is 18.3 Å². The highest BCUT2D eigenvalue weighted by molar-refractivity contribution is 5.89. The van der Waals surface area contributed by atoms with Gasteiger partial charge in [-0.1, -0.05) is 24.3 Å². The summed E-state index contributed by atoms with van der Waals surface area (Å²) in [5.41, 5.74) is 2.30. The molecule has 0 aliphatic rings. The van der Waals surface area contributed by atoms with E-state index in [2.05, 4.69) is 10.3 Å². The fourth-order valence-corrected chi connectivity index (χ4v) is 1.84. The molecule has 0 unspecified atom stereocenters. The van der Waals surface area contributed by atoms with Gasteiger partial charge >= 0.3 is 5.97 Å². The number of hydrogen-bond donors (Lipinski definition) is 2. The molecule has 0 atom stereocenters. The Bertz CT molecular complexity index is 565. The first-order valence-electron chi connectivity index (χ1n) is 6.14. The van der Waals surface area contributed by atoms with E-state index in [0.29, 0.717) is 18.5 Å². The monoisotopic (exact) mass is 256 g/mol. The number of anilines is 1. The fraction of sp³-hybridized carbons (Fsp3) is 0.200. The normalized spacial score (nSPS) is 10.2. The molecule has 2 rings (SSSR count). The van der Waals surface area contributed by atoms with Gasteiger partial charge in [0.15, 0.2) is 0 Å². The summed E-state index contributed by atoms with van der Waals surface area (Å²) in [6.07, 6.45) is 2.45. The molecule has 0 radical (unpaired) electrons. The Labute approximate surface area is 112 Å². The number of hydrogen-bond acceptors (Lipinski definition) is 3. The molecule has 0 amide bonds. The minimum atomic E-state index is -0.885. The molecule has 0 spiro atoms. The number of carboxylic acids is 1. The van der Waals surface area contributed by atoms with Crippen molar-refractivity contribution >= 4 is 11.8 Å². The van der Waals surface area contributed by atoms with E-state index in [1.165, 1.54) is 0 Å². The van der Waals surface area contributed by atoms with Gasteiger partial charge in [-0.05, 0) is 36.6 Å². The summed E-state index contributed by atoms with van der Waals surface area (Å²) in [6, 6.07) is 11.0. The molecule has 4 nitrogen and oxygen atoms in total. The maximum Gasteiger partial charge on any atom is 0.335 e. The second kappa shape index (κ2) is 6.00. The molecular weight excluding hydrogens is 240 g/mol. The van der Waals surface area contributed by atoms with Crippen molar-refractivity contribution in [1.82, 2.24) is 4.98 Å². The molecule has 2 N–H and O–H groups in total. The molecule has 0 aliphatic heterocycles. The minimum Gasteiger partial charge on any atom is -0.478 e. The third-order valence-corrected chi connectivity index (χ3v) is 2.86. The molecule has 1 aromatic heterocycles. The van der Waals surface area contributed by atoms with Crippen molar-refractivity contribution < 1.29 is 9.90 Å². The second-order valence-electron chi connectivity index (χ2n) is 4.36. The summed E-state index contributed by atoms with van der Waals surface area (Å²) in [7, 11) is 0. The van der Waals surface area contributed by atoms with Crippen molar-refractivity contribution in [1.29, 1.82) is 0 Å². The zero-order valence-corrected chi connectivity index (χ0v) is 10.8. The molecule has 0 bridgehead atoms. The molecule has 19 heavy (non-hydrogen) atoms. The summed E-state index contributed by atoms with van der Waals surface area (Å²) in [6.45, 7) is 2.64. The Kier molecular flexibility index (Phi) is 4.13. The number of aryl methyl sites for hydroxylation is 1. The van der Waals surface area contributed by atoms with Crippen LogP contribution in [0.4, 0.5) is 5.82 Å². The molecule has 0 fully saturated rings. The van der Waals surface area contributed by atoms with Gasteiger partial charge in [0.25, 0.3) is 0 Å². The lowest BCUT2D eigenvalue weighted by Crippen LogP contribution is -2.09. The Morgan fingerprint density at radius 3 is 2.74 bits per heavy atom. The maximum atomic E-state index is 11.1. The highest BCUT2D eigenvalue weighted by Crippen LogP contribution is 2.10. The lowest BCUT2D eigenvalue weighted by molar-refractivity contribution is 0.0695. The van der Waals surface area contributed by atoms with Crippen LogP contribution in [0.25, 0.3) is 0 Å². The van der Waals surface area contributed by atoms with Gasteiger partial charge in [0, 0.05) is 12.7 Å². The number of carbonyl (C=O) groups is 1. The first-order chi connectivity index (χ1) is 9.16. The minimum absolute atomic E-state index is 0.362. The molecule has 4 heteroatoms. The number of benzene rings is 1. The average molecular weight is 256 g/mol. The smallest absolute Gasteiger partial charge is 0.335 e. The summed E-state index contributed by atoms with van der Waals surface area (Å²) < 4.78 is 0. The number of nitrogens with one attached hydrogen (secondary N) is 1. The van der Waals surface area contributed by atoms with E-state index in [-0.39, 0.29) is 0 Å². The fourth-order valence-electron chi connectivity index (χ4n) is 1.84. The van der Waals surface area contributed by atoms with Gasteiger partial charge in [-0.25, -0.2) is 9.78 Å². The lowest BCUT2D eigenvalue weighted by Gasteiger charge is -2.08. The second-order valence-corrected chi connectivity index (χ2v) is 4.36. The standard InChI is InChI=1S/C15H16N2O2/c1-11-6-7-14(17-10-11)16-9-8-12-4-2-3-5-13(12)15(18)19/h2-7,10H,8-9H2,1H3,(H,16,17)(H,18,19). The third kappa shape index (κ3) is 3.55. The van der Waals surface area contributed by atoms with Gasteiger partial charge in [-0.15, -0.1) is 0 Å². The van der Waals surface area contributed by atoms with Gasteiger partial charge in [0.05, 0.1) is 5.56 Å². The molecule has 1 heterocycles. The average Bonchev–Trinajstić information content (AvgIpc) is 2.41. The van der Waals surface area contributed by atoms with Crippen molar-refractivity contribution in [3.8, 4) is 0 Å². The van der Waals surface area contributed by atoms with Crippen LogP contribution in [0, 0.1) is 6.92 Å². The molecule has 0 aliphatic carbocycles. The van der Waals surface area contributed by atoms with E-state index in [4.69, 9.17) is 5.11 Å². The van der Waals surface area contributed by atoms with Gasteiger partial charge < -0.3 is 10.4 Å². The van der Waals surface area contributed by atoms with Crippen LogP contribution in [0.5, 0.6) is 0 Å². The molecule has 98 valence electrons. The summed E-state index contributed by atoms with van der Waals surface area (Å²) in [5, 5.41) is 12.3. The molecule has 1 aromatic carbocycles. The zero-order valence-electron chi connectivity index (χ0n) is 10.8.